The fraction of sp³-hybridized carbons (Fsp3) is 0.125. The Hall–Kier alpha value is -3.80. The third-order valence-electron chi connectivity index (χ3n) is 3.65. The molecule has 0 spiro atoms. The molecule has 0 unspecified atom stereocenters. The van der Waals surface area contributed by atoms with Crippen LogP contribution in [0.15, 0.2) is 46.8 Å². The second-order valence-electron chi connectivity index (χ2n) is 5.40. The van der Waals surface area contributed by atoms with Crippen LogP contribution < -0.4 is 0 Å². The van der Waals surface area contributed by atoms with Crippen molar-refractivity contribution in [2.45, 2.75) is 13.8 Å². The Labute approximate surface area is 142 Å². The Morgan fingerprint density at radius 2 is 1.92 bits per heavy atom. The van der Waals surface area contributed by atoms with Gasteiger partial charge in [-0.25, -0.2) is 9.53 Å². The molecule has 0 atom stereocenters. The fourth-order valence-corrected chi connectivity index (χ4v) is 2.51. The number of hydrogen-bond donors (Lipinski definition) is 1. The quantitative estimate of drug-likeness (QED) is 0.457. The van der Waals surface area contributed by atoms with Gasteiger partial charge in [0.1, 0.15) is 5.82 Å². The van der Waals surface area contributed by atoms with E-state index in [4.69, 9.17) is 6.57 Å². The van der Waals surface area contributed by atoms with Crippen LogP contribution in [0.4, 0.5) is 17.2 Å². The molecule has 3 aromatic heterocycles. The number of azo groups is 1. The number of aromatic nitrogens is 6. The van der Waals surface area contributed by atoms with Gasteiger partial charge in [0, 0.05) is 0 Å². The summed E-state index contributed by atoms with van der Waals surface area (Å²) in [6, 6.07) is 9.49. The molecule has 0 aliphatic heterocycles. The second-order valence-corrected chi connectivity index (χ2v) is 5.40. The summed E-state index contributed by atoms with van der Waals surface area (Å²) in [5, 5.41) is 21.4. The van der Waals surface area contributed by atoms with Gasteiger partial charge in [-0.15, -0.1) is 20.0 Å². The average Bonchev–Trinajstić information content (AvgIpc) is 3.26. The molecular formula is C16H13N9. The van der Waals surface area contributed by atoms with Crippen LogP contribution in [-0.2, 0) is 0 Å². The number of rotatable bonds is 3. The van der Waals surface area contributed by atoms with E-state index in [0.29, 0.717) is 28.5 Å². The number of aryl methyl sites for hydroxylation is 2. The van der Waals surface area contributed by atoms with E-state index < -0.39 is 0 Å². The highest BCUT2D eigenvalue weighted by Crippen LogP contribution is 2.33. The minimum Gasteiger partial charge on any atom is -0.324 e. The predicted octanol–water partition coefficient (Wildman–Crippen LogP) is 3.83. The molecule has 4 aromatic rings. The van der Waals surface area contributed by atoms with Crippen LogP contribution in [0, 0.1) is 20.4 Å². The molecular weight excluding hydrogens is 318 g/mol. The number of benzene rings is 1. The number of aromatic amines is 1. The Kier molecular flexibility index (Phi) is 3.36. The summed E-state index contributed by atoms with van der Waals surface area (Å²) in [5.41, 5.74) is 3.07. The van der Waals surface area contributed by atoms with E-state index in [0.717, 1.165) is 11.5 Å². The van der Waals surface area contributed by atoms with Crippen molar-refractivity contribution in [3.63, 3.8) is 0 Å². The van der Waals surface area contributed by atoms with Gasteiger partial charge in [0.2, 0.25) is 0 Å². The van der Waals surface area contributed by atoms with Crippen LogP contribution in [0.5, 0.6) is 0 Å². The minimum atomic E-state index is 0.328. The van der Waals surface area contributed by atoms with Crippen molar-refractivity contribution in [3.05, 3.63) is 59.5 Å². The third kappa shape index (κ3) is 2.46. The summed E-state index contributed by atoms with van der Waals surface area (Å²) in [6.45, 7) is 11.0. The highest BCUT2D eigenvalue weighted by atomic mass is 15.5. The molecule has 9 heteroatoms. The monoisotopic (exact) mass is 331 g/mol. The average molecular weight is 331 g/mol. The zero-order valence-electron chi connectivity index (χ0n) is 13.5. The Bertz CT molecular complexity index is 1120. The van der Waals surface area contributed by atoms with Gasteiger partial charge in [0.05, 0.1) is 24.2 Å². The van der Waals surface area contributed by atoms with Crippen molar-refractivity contribution in [2.24, 2.45) is 10.2 Å². The summed E-state index contributed by atoms with van der Waals surface area (Å²) >= 11 is 0. The molecule has 0 radical (unpaired) electrons. The van der Waals surface area contributed by atoms with Crippen LogP contribution in [0.2, 0.25) is 0 Å². The van der Waals surface area contributed by atoms with Gasteiger partial charge >= 0.3 is 0 Å². The molecule has 9 nitrogen and oxygen atoms in total. The van der Waals surface area contributed by atoms with Gasteiger partial charge < -0.3 is 4.98 Å². The van der Waals surface area contributed by atoms with Gasteiger partial charge in [-0.05, 0) is 26.0 Å². The van der Waals surface area contributed by atoms with Crippen molar-refractivity contribution in [2.75, 3.05) is 0 Å². The van der Waals surface area contributed by atoms with Crippen LogP contribution in [0.1, 0.15) is 11.5 Å². The highest BCUT2D eigenvalue weighted by molar-refractivity contribution is 5.67. The van der Waals surface area contributed by atoms with Gasteiger partial charge in [-0.2, -0.15) is 10.2 Å². The highest BCUT2D eigenvalue weighted by Gasteiger charge is 2.15. The van der Waals surface area contributed by atoms with Gasteiger partial charge in [0.15, 0.2) is 17.2 Å². The lowest BCUT2D eigenvalue weighted by molar-refractivity contribution is 0.793. The first-order valence-electron chi connectivity index (χ1n) is 7.52. The first kappa shape index (κ1) is 14.8. The van der Waals surface area contributed by atoms with Crippen molar-refractivity contribution < 1.29 is 0 Å². The third-order valence-corrected chi connectivity index (χ3v) is 3.65. The maximum absolute atomic E-state index is 7.33. The van der Waals surface area contributed by atoms with E-state index >= 15 is 0 Å². The summed E-state index contributed by atoms with van der Waals surface area (Å²) in [4.78, 5) is 6.58. The molecule has 0 bridgehead atoms. The van der Waals surface area contributed by atoms with Crippen molar-refractivity contribution >= 4 is 22.8 Å². The lowest BCUT2D eigenvalue weighted by Gasteiger charge is -2.03. The predicted molar refractivity (Wildman–Crippen MR) is 90.8 cm³/mol. The summed E-state index contributed by atoms with van der Waals surface area (Å²) in [7, 11) is 0. The standard InChI is InChI=1S/C16H13N9/c1-10-14(16-19-11(2)23-25(16)22-10)20-21-15-13(17-3)9-18-24(15)12-7-5-4-6-8-12/h4-9H,1-2H3,(H,19,23)/b21-20+. The summed E-state index contributed by atoms with van der Waals surface area (Å²) in [5.74, 6) is 1.10. The smallest absolute Gasteiger partial charge is 0.252 e. The normalized spacial score (nSPS) is 11.4. The molecule has 122 valence electrons. The van der Waals surface area contributed by atoms with Crippen molar-refractivity contribution in [3.8, 4) is 5.69 Å². The topological polar surface area (TPSA) is 92.9 Å². The Morgan fingerprint density at radius 3 is 2.68 bits per heavy atom. The zero-order valence-corrected chi connectivity index (χ0v) is 13.5. The van der Waals surface area contributed by atoms with Crippen LogP contribution in [0.25, 0.3) is 16.2 Å². The molecule has 0 amide bonds. The number of H-pyrrole nitrogens is 1. The van der Waals surface area contributed by atoms with E-state index in [-0.39, 0.29) is 0 Å². The van der Waals surface area contributed by atoms with Gasteiger partial charge in [0.25, 0.3) is 5.69 Å². The molecule has 0 saturated carbocycles. The Morgan fingerprint density at radius 1 is 1.12 bits per heavy atom. The van der Waals surface area contributed by atoms with E-state index in [1.807, 2.05) is 44.2 Å². The number of para-hydroxylation sites is 1. The van der Waals surface area contributed by atoms with Crippen LogP contribution in [0.3, 0.4) is 0 Å². The van der Waals surface area contributed by atoms with Crippen molar-refractivity contribution in [1.82, 2.24) is 29.6 Å². The van der Waals surface area contributed by atoms with Crippen molar-refractivity contribution in [1.29, 1.82) is 0 Å². The first-order chi connectivity index (χ1) is 12.2. The second kappa shape index (κ2) is 5.68. The number of nitrogens with one attached hydrogen (secondary N) is 1. The van der Waals surface area contributed by atoms with E-state index in [2.05, 4.69) is 35.4 Å². The maximum Gasteiger partial charge on any atom is 0.252 e. The minimum absolute atomic E-state index is 0.328. The van der Waals surface area contributed by atoms with E-state index in [1.54, 1.807) is 4.68 Å². The lowest BCUT2D eigenvalue weighted by atomic mass is 10.3. The Balaban J connectivity index is 1.82. The first-order valence-corrected chi connectivity index (χ1v) is 7.52. The molecule has 1 aromatic carbocycles. The number of fused-ring (bicyclic) bond motifs is 1. The molecule has 0 saturated heterocycles. The van der Waals surface area contributed by atoms with E-state index in [1.165, 1.54) is 10.8 Å². The summed E-state index contributed by atoms with van der Waals surface area (Å²) in [6.07, 6.45) is 1.48. The molecule has 4 rings (SSSR count). The fourth-order valence-electron chi connectivity index (χ4n) is 2.51. The zero-order chi connectivity index (χ0) is 17.4. The number of hydrogen-bond acceptors (Lipinski definition) is 5. The van der Waals surface area contributed by atoms with Crippen LogP contribution in [-0.4, -0.2) is 29.6 Å². The summed E-state index contributed by atoms with van der Waals surface area (Å²) < 4.78 is 3.08. The SMILES string of the molecule is [C-]#[N+]c1cnn(-c2ccccc2)c1/N=N/c1c(C)nn2nc(C)[nH]c12. The molecule has 0 aliphatic carbocycles. The molecule has 0 fully saturated rings. The maximum atomic E-state index is 7.33. The number of nitrogens with zero attached hydrogens (tertiary/aromatic N) is 8. The molecule has 3 heterocycles. The molecule has 25 heavy (non-hydrogen) atoms. The van der Waals surface area contributed by atoms with Crippen LogP contribution >= 0.6 is 0 Å². The molecule has 1 N–H and O–H groups in total. The van der Waals surface area contributed by atoms with E-state index in [9.17, 15) is 0 Å². The van der Waals surface area contributed by atoms with Gasteiger partial charge in [-0.1, -0.05) is 18.2 Å². The lowest BCUT2D eigenvalue weighted by Crippen LogP contribution is -1.94. The van der Waals surface area contributed by atoms with Gasteiger partial charge in [-0.3, -0.25) is 0 Å². The largest absolute Gasteiger partial charge is 0.324 e. The molecule has 0 aliphatic rings.